The summed E-state index contributed by atoms with van der Waals surface area (Å²) >= 11 is 0. The maximum absolute atomic E-state index is 15.6. The average Bonchev–Trinajstić information content (AvgIpc) is 2.99. The smallest absolute Gasteiger partial charge is 0.406 e. The molecule has 0 aromatic heterocycles. The molecular weight excluding hydrogens is 521 g/mol. The highest BCUT2D eigenvalue weighted by atomic mass is 19.1. The number of halogens is 1. The highest BCUT2D eigenvalue weighted by Gasteiger charge is 2.43. The Morgan fingerprint density at radius 1 is 1.12 bits per heavy atom. The molecule has 1 heterocycles. The SMILES string of the molecule is CNCc1ccc(C(=O)N2CCCC(C(O)(CCCNC(=O)OC)c3cccc(F)c3-c3cccc(C)c3)C2)cc1. The molecule has 1 saturated heterocycles. The molecule has 2 atom stereocenters. The zero-order chi connectivity index (χ0) is 29.4. The first-order valence-corrected chi connectivity index (χ1v) is 14.2. The van der Waals surface area contributed by atoms with E-state index in [9.17, 15) is 14.7 Å². The molecule has 0 spiro atoms. The Kier molecular flexibility index (Phi) is 10.1. The van der Waals surface area contributed by atoms with E-state index in [-0.39, 0.29) is 18.2 Å². The van der Waals surface area contributed by atoms with E-state index in [1.807, 2.05) is 62.5 Å². The van der Waals surface area contributed by atoms with Gasteiger partial charge in [-0.25, -0.2) is 9.18 Å². The van der Waals surface area contributed by atoms with Crippen molar-refractivity contribution < 1.29 is 23.8 Å². The van der Waals surface area contributed by atoms with Crippen molar-refractivity contribution in [3.63, 3.8) is 0 Å². The molecule has 41 heavy (non-hydrogen) atoms. The van der Waals surface area contributed by atoms with Gasteiger partial charge in [0.25, 0.3) is 5.91 Å². The summed E-state index contributed by atoms with van der Waals surface area (Å²) in [6.45, 7) is 3.88. The Labute approximate surface area is 241 Å². The van der Waals surface area contributed by atoms with Gasteiger partial charge in [-0.05, 0) is 74.5 Å². The topological polar surface area (TPSA) is 90.9 Å². The number of likely N-dealkylation sites (tertiary alicyclic amines) is 1. The molecule has 2 amide bonds. The number of carbonyl (C=O) groups is 2. The number of aliphatic hydroxyl groups is 1. The molecule has 0 aliphatic carbocycles. The fraction of sp³-hybridized carbons (Fsp3) is 0.394. The third-order valence-corrected chi connectivity index (χ3v) is 7.94. The molecule has 0 bridgehead atoms. The quantitative estimate of drug-likeness (QED) is 0.289. The summed E-state index contributed by atoms with van der Waals surface area (Å²) in [5.74, 6) is -0.838. The van der Waals surface area contributed by atoms with Crippen LogP contribution in [0.25, 0.3) is 11.1 Å². The molecule has 1 fully saturated rings. The zero-order valence-electron chi connectivity index (χ0n) is 24.1. The van der Waals surface area contributed by atoms with Gasteiger partial charge in [-0.1, -0.05) is 54.1 Å². The van der Waals surface area contributed by atoms with Crippen molar-refractivity contribution in [2.75, 3.05) is 33.8 Å². The Bertz CT molecular complexity index is 1350. The van der Waals surface area contributed by atoms with Crippen LogP contribution >= 0.6 is 0 Å². The summed E-state index contributed by atoms with van der Waals surface area (Å²) in [6, 6.07) is 20.0. The lowest BCUT2D eigenvalue weighted by atomic mass is 9.72. The van der Waals surface area contributed by atoms with Crippen LogP contribution in [0, 0.1) is 18.7 Å². The van der Waals surface area contributed by atoms with Crippen molar-refractivity contribution >= 4 is 12.0 Å². The van der Waals surface area contributed by atoms with E-state index < -0.39 is 17.5 Å². The van der Waals surface area contributed by atoms with Crippen molar-refractivity contribution in [1.82, 2.24) is 15.5 Å². The van der Waals surface area contributed by atoms with Crippen molar-refractivity contribution in [3.05, 3.63) is 94.8 Å². The van der Waals surface area contributed by atoms with Gasteiger partial charge >= 0.3 is 6.09 Å². The van der Waals surface area contributed by atoms with Crippen LogP contribution in [0.4, 0.5) is 9.18 Å². The number of nitrogens with one attached hydrogen (secondary N) is 2. The normalized spacial score (nSPS) is 16.6. The standard InChI is InChI=1S/C33H40FN3O4/c1-23-8-4-9-26(20-23)30-28(11-5-12-29(30)34)33(40,17-7-18-36-32(39)41-3)27-10-6-19-37(22-27)31(38)25-15-13-24(14-16-25)21-35-2/h4-5,8-9,11-16,20,27,35,40H,6-7,10,17-19,21-22H2,1-3H3,(H,36,39). The van der Waals surface area contributed by atoms with E-state index in [4.69, 9.17) is 0 Å². The van der Waals surface area contributed by atoms with Crippen molar-refractivity contribution in [3.8, 4) is 11.1 Å². The van der Waals surface area contributed by atoms with Crippen LogP contribution in [0.15, 0.2) is 66.7 Å². The van der Waals surface area contributed by atoms with E-state index in [1.165, 1.54) is 13.2 Å². The van der Waals surface area contributed by atoms with Gasteiger partial charge in [-0.2, -0.15) is 0 Å². The summed E-state index contributed by atoms with van der Waals surface area (Å²) in [6.07, 6.45) is 1.55. The number of aryl methyl sites for hydroxylation is 1. The highest BCUT2D eigenvalue weighted by molar-refractivity contribution is 5.94. The minimum atomic E-state index is -1.45. The fourth-order valence-electron chi connectivity index (χ4n) is 5.86. The molecule has 3 aromatic carbocycles. The predicted octanol–water partition coefficient (Wildman–Crippen LogP) is 5.40. The number of piperidine rings is 1. The van der Waals surface area contributed by atoms with Gasteiger partial charge in [0.15, 0.2) is 0 Å². The Morgan fingerprint density at radius 3 is 2.59 bits per heavy atom. The molecule has 8 heteroatoms. The summed E-state index contributed by atoms with van der Waals surface area (Å²) in [5, 5.41) is 18.4. The van der Waals surface area contributed by atoms with Gasteiger partial charge in [-0.3, -0.25) is 4.79 Å². The Morgan fingerprint density at radius 2 is 1.88 bits per heavy atom. The number of ether oxygens (including phenoxy) is 1. The monoisotopic (exact) mass is 561 g/mol. The van der Waals surface area contributed by atoms with E-state index in [2.05, 4.69) is 15.4 Å². The van der Waals surface area contributed by atoms with Gasteiger partial charge < -0.3 is 25.4 Å². The molecule has 3 N–H and O–H groups in total. The van der Waals surface area contributed by atoms with Crippen LogP contribution < -0.4 is 10.6 Å². The number of nitrogens with zero attached hydrogens (tertiary/aromatic N) is 1. The molecule has 1 aliphatic heterocycles. The second-order valence-corrected chi connectivity index (χ2v) is 10.8. The zero-order valence-corrected chi connectivity index (χ0v) is 24.1. The summed E-state index contributed by atoms with van der Waals surface area (Å²) in [5.41, 5.74) is 2.77. The first-order chi connectivity index (χ1) is 19.8. The van der Waals surface area contributed by atoms with E-state index in [1.54, 1.807) is 17.0 Å². The van der Waals surface area contributed by atoms with E-state index in [0.29, 0.717) is 61.2 Å². The number of hydrogen-bond donors (Lipinski definition) is 3. The van der Waals surface area contributed by atoms with Gasteiger partial charge in [0.05, 0.1) is 12.7 Å². The van der Waals surface area contributed by atoms with Crippen LogP contribution in [-0.4, -0.2) is 55.8 Å². The molecule has 0 radical (unpaired) electrons. The van der Waals surface area contributed by atoms with Crippen LogP contribution in [0.5, 0.6) is 0 Å². The number of carbonyl (C=O) groups excluding carboxylic acids is 2. The maximum Gasteiger partial charge on any atom is 0.406 e. The molecule has 4 rings (SSSR count). The molecular formula is C33H40FN3O4. The molecule has 1 aliphatic rings. The number of methoxy groups -OCH3 is 1. The average molecular weight is 562 g/mol. The van der Waals surface area contributed by atoms with Crippen LogP contribution in [0.2, 0.25) is 0 Å². The third-order valence-electron chi connectivity index (χ3n) is 7.94. The number of alkyl carbamates (subject to hydrolysis) is 1. The minimum absolute atomic E-state index is 0.0847. The largest absolute Gasteiger partial charge is 0.453 e. The maximum atomic E-state index is 15.6. The Hall–Kier alpha value is -3.75. The van der Waals surface area contributed by atoms with Crippen molar-refractivity contribution in [1.29, 1.82) is 0 Å². The molecule has 7 nitrogen and oxygen atoms in total. The Balaban J connectivity index is 1.67. The fourth-order valence-corrected chi connectivity index (χ4v) is 5.86. The van der Waals surface area contributed by atoms with E-state index >= 15 is 4.39 Å². The summed E-state index contributed by atoms with van der Waals surface area (Å²) in [7, 11) is 3.18. The minimum Gasteiger partial charge on any atom is -0.453 e. The first kappa shape index (κ1) is 30.2. The van der Waals surface area contributed by atoms with Gasteiger partial charge in [0, 0.05) is 43.2 Å². The van der Waals surface area contributed by atoms with Gasteiger partial charge in [0.1, 0.15) is 5.82 Å². The lowest BCUT2D eigenvalue weighted by Gasteiger charge is -2.43. The lowest BCUT2D eigenvalue weighted by molar-refractivity contribution is -0.0564. The van der Waals surface area contributed by atoms with Crippen molar-refractivity contribution in [2.24, 2.45) is 5.92 Å². The summed E-state index contributed by atoms with van der Waals surface area (Å²) in [4.78, 5) is 27.0. The van der Waals surface area contributed by atoms with Crippen molar-refractivity contribution in [2.45, 2.75) is 44.8 Å². The lowest BCUT2D eigenvalue weighted by Crippen LogP contribution is -2.48. The number of hydrogen-bond acceptors (Lipinski definition) is 5. The molecule has 0 saturated carbocycles. The number of rotatable bonds is 10. The second-order valence-electron chi connectivity index (χ2n) is 10.8. The molecule has 3 aromatic rings. The molecule has 218 valence electrons. The summed E-state index contributed by atoms with van der Waals surface area (Å²) < 4.78 is 20.2. The number of amides is 2. The number of benzene rings is 3. The first-order valence-electron chi connectivity index (χ1n) is 14.2. The van der Waals surface area contributed by atoms with Gasteiger partial charge in [-0.15, -0.1) is 0 Å². The van der Waals surface area contributed by atoms with Gasteiger partial charge in [0.2, 0.25) is 0 Å². The van der Waals surface area contributed by atoms with Crippen LogP contribution in [-0.2, 0) is 16.9 Å². The second kappa shape index (κ2) is 13.7. The van der Waals surface area contributed by atoms with Crippen LogP contribution in [0.1, 0.15) is 52.7 Å². The third kappa shape index (κ3) is 7.13. The highest BCUT2D eigenvalue weighted by Crippen LogP contribution is 2.44. The van der Waals surface area contributed by atoms with Crippen LogP contribution in [0.3, 0.4) is 0 Å². The predicted molar refractivity (Wildman–Crippen MR) is 158 cm³/mol. The van der Waals surface area contributed by atoms with E-state index in [0.717, 1.165) is 17.7 Å². The molecule has 2 unspecified atom stereocenters.